The number of hydrogen-bond donors (Lipinski definition) is 1. The van der Waals surface area contributed by atoms with Gasteiger partial charge in [0.2, 0.25) is 17.7 Å². The van der Waals surface area contributed by atoms with Crippen molar-refractivity contribution in [3.8, 4) is 0 Å². The van der Waals surface area contributed by atoms with Crippen molar-refractivity contribution < 1.29 is 38.5 Å². The highest BCUT2D eigenvalue weighted by Crippen LogP contribution is 2.31. The molecule has 0 aliphatic carbocycles. The summed E-state index contributed by atoms with van der Waals surface area (Å²) in [5, 5.41) is 10.1. The molecular weight excluding hydrogens is 662 g/mol. The zero-order valence-electron chi connectivity index (χ0n) is 33.3. The average molecular weight is 730 g/mol. The first-order valence-corrected chi connectivity index (χ1v) is 19.5. The van der Waals surface area contributed by atoms with E-state index in [1.54, 1.807) is 31.1 Å². The largest absolute Gasteiger partial charge is 0.396 e. The quantitative estimate of drug-likeness (QED) is 0.206. The molecule has 2 fully saturated rings. The number of carbonyl (C=O) groups is 4. The third kappa shape index (κ3) is 11.6. The molecule has 2 aliphatic heterocycles. The number of Topliss-reactive ketones (excluding diaryl/α,β-unsaturated/α-hetero) is 1. The molecule has 0 bridgehead atoms. The van der Waals surface area contributed by atoms with Gasteiger partial charge >= 0.3 is 0 Å². The summed E-state index contributed by atoms with van der Waals surface area (Å²) in [4.78, 5) is 60.7. The molecule has 2 heterocycles. The molecule has 11 heteroatoms. The van der Waals surface area contributed by atoms with Crippen LogP contribution in [0.4, 0.5) is 0 Å². The second-order valence-electron chi connectivity index (χ2n) is 15.6. The lowest BCUT2D eigenvalue weighted by molar-refractivity contribution is -0.151. The summed E-state index contributed by atoms with van der Waals surface area (Å²) in [7, 11) is 4.95. The number of benzene rings is 1. The monoisotopic (exact) mass is 729 g/mol. The summed E-state index contributed by atoms with van der Waals surface area (Å²) in [6, 6.07) is 9.17. The van der Waals surface area contributed by atoms with E-state index in [0.29, 0.717) is 39.1 Å². The summed E-state index contributed by atoms with van der Waals surface area (Å²) in [5.74, 6) is -1.49. The molecule has 1 aromatic rings. The first-order chi connectivity index (χ1) is 24.8. The van der Waals surface area contributed by atoms with E-state index in [2.05, 4.69) is 13.8 Å². The fourth-order valence-electron chi connectivity index (χ4n) is 8.19. The van der Waals surface area contributed by atoms with Crippen molar-refractivity contribution in [2.75, 3.05) is 54.1 Å². The maximum Gasteiger partial charge on any atom is 0.226 e. The minimum atomic E-state index is -0.579. The molecule has 0 radical (unpaired) electrons. The number of likely N-dealkylation sites (tertiary alicyclic amines) is 1. The smallest absolute Gasteiger partial charge is 0.226 e. The number of hydrogen-bond acceptors (Lipinski definition) is 8. The van der Waals surface area contributed by atoms with Gasteiger partial charge in [0.25, 0.3) is 0 Å². The lowest BCUT2D eigenvalue weighted by Gasteiger charge is -2.41. The number of likely N-dealkylation sites (N-methyl/N-ethyl adjacent to an activating group) is 1. The van der Waals surface area contributed by atoms with Gasteiger partial charge in [-0.05, 0) is 49.5 Å². The van der Waals surface area contributed by atoms with Crippen LogP contribution in [0.3, 0.4) is 0 Å². The summed E-state index contributed by atoms with van der Waals surface area (Å²) in [6.07, 6.45) is 2.18. The first kappa shape index (κ1) is 43.5. The molecule has 52 heavy (non-hydrogen) atoms. The lowest BCUT2D eigenvalue weighted by Crippen LogP contribution is -2.54. The number of ketones is 1. The topological polar surface area (TPSA) is 126 Å². The van der Waals surface area contributed by atoms with E-state index in [-0.39, 0.29) is 79.3 Å². The molecule has 0 saturated carbocycles. The average Bonchev–Trinajstić information content (AvgIpc) is 3.62. The summed E-state index contributed by atoms with van der Waals surface area (Å²) in [5.41, 5.74) is 1.07. The molecule has 0 spiro atoms. The summed E-state index contributed by atoms with van der Waals surface area (Å²) >= 11 is 0. The van der Waals surface area contributed by atoms with Gasteiger partial charge in [0.15, 0.2) is 0 Å². The number of morpholine rings is 1. The van der Waals surface area contributed by atoms with E-state index in [4.69, 9.17) is 14.2 Å². The van der Waals surface area contributed by atoms with E-state index >= 15 is 0 Å². The van der Waals surface area contributed by atoms with Crippen LogP contribution in [-0.4, -0.2) is 128 Å². The third-order valence-electron chi connectivity index (χ3n) is 11.6. The standard InChI is InChI=1S/C41H67N3O8/c1-10-28(4)39(42(7)41(49)33(27(2)3)23-37(47)43-19-20-52-29(5)25-43)36(50-8)24-38(48)44-18-14-17-34(44)40(51-9)30(6)35(46)22-32(26-45)21-31-15-12-11-13-16-31/h11-13,15-16,27-30,32-34,36,39-40,45H,10,14,17-26H2,1-9H3/t28-,29+,30-,32+,33-,34-,36+,39-,40+/m0/s1. The Balaban J connectivity index is 1.73. The molecular formula is C41H67N3O8. The number of aliphatic hydroxyl groups excluding tert-OH is 1. The van der Waals surface area contributed by atoms with Crippen molar-refractivity contribution in [1.82, 2.24) is 14.7 Å². The van der Waals surface area contributed by atoms with Crippen LogP contribution >= 0.6 is 0 Å². The third-order valence-corrected chi connectivity index (χ3v) is 11.6. The fourth-order valence-corrected chi connectivity index (χ4v) is 8.19. The summed E-state index contributed by atoms with van der Waals surface area (Å²) in [6.45, 7) is 13.9. The number of aliphatic hydroxyl groups is 1. The lowest BCUT2D eigenvalue weighted by atomic mass is 9.85. The maximum atomic E-state index is 14.2. The van der Waals surface area contributed by atoms with Crippen molar-refractivity contribution in [1.29, 1.82) is 0 Å². The number of ether oxygens (including phenoxy) is 3. The van der Waals surface area contributed by atoms with Gasteiger partial charge in [0, 0.05) is 72.2 Å². The zero-order valence-corrected chi connectivity index (χ0v) is 33.3. The van der Waals surface area contributed by atoms with Gasteiger partial charge in [0.1, 0.15) is 5.78 Å². The van der Waals surface area contributed by atoms with Gasteiger partial charge in [-0.3, -0.25) is 19.2 Å². The predicted molar refractivity (Wildman–Crippen MR) is 201 cm³/mol. The van der Waals surface area contributed by atoms with Crippen molar-refractivity contribution >= 4 is 23.5 Å². The summed E-state index contributed by atoms with van der Waals surface area (Å²) < 4.78 is 17.6. The fraction of sp³-hybridized carbons (Fsp3) is 0.756. The highest BCUT2D eigenvalue weighted by molar-refractivity contribution is 5.86. The SMILES string of the molecule is CC[C@H](C)[C@@H]([C@@H](CC(=O)N1CCC[C@H]1[C@H](OC)[C@@H](C)C(=O)C[C@H](CO)Cc1ccccc1)OC)N(C)C(=O)[C@@H](CC(=O)N1CCO[C@H](C)C1)C(C)C. The van der Waals surface area contributed by atoms with E-state index in [1.165, 1.54) is 0 Å². The molecule has 1 N–H and O–H groups in total. The molecule has 2 saturated heterocycles. The van der Waals surface area contributed by atoms with Crippen LogP contribution in [-0.2, 0) is 39.8 Å². The van der Waals surface area contributed by atoms with Crippen molar-refractivity contribution in [3.05, 3.63) is 35.9 Å². The highest BCUT2D eigenvalue weighted by Gasteiger charge is 2.43. The van der Waals surface area contributed by atoms with E-state index in [1.807, 2.05) is 62.9 Å². The van der Waals surface area contributed by atoms with Crippen LogP contribution in [0.25, 0.3) is 0 Å². The Bertz CT molecular complexity index is 1280. The van der Waals surface area contributed by atoms with E-state index < -0.39 is 30.1 Å². The molecule has 0 aromatic heterocycles. The van der Waals surface area contributed by atoms with Crippen LogP contribution in [0.1, 0.15) is 85.6 Å². The molecule has 3 amide bonds. The molecule has 294 valence electrons. The zero-order chi connectivity index (χ0) is 38.5. The normalized spacial score (nSPS) is 22.0. The van der Waals surface area contributed by atoms with Gasteiger partial charge in [0.05, 0.1) is 43.4 Å². The molecule has 9 atom stereocenters. The Labute approximate surface area is 312 Å². The number of rotatable bonds is 20. The molecule has 2 aliphatic rings. The number of methoxy groups -OCH3 is 2. The van der Waals surface area contributed by atoms with E-state index in [0.717, 1.165) is 18.4 Å². The van der Waals surface area contributed by atoms with Gasteiger partial charge in [-0.25, -0.2) is 0 Å². The maximum absolute atomic E-state index is 14.2. The molecule has 11 nitrogen and oxygen atoms in total. The minimum Gasteiger partial charge on any atom is -0.396 e. The predicted octanol–water partition coefficient (Wildman–Crippen LogP) is 4.63. The first-order valence-electron chi connectivity index (χ1n) is 19.5. The van der Waals surface area contributed by atoms with Crippen LogP contribution in [0.2, 0.25) is 0 Å². The van der Waals surface area contributed by atoms with Crippen LogP contribution in [0.5, 0.6) is 0 Å². The molecule has 1 aromatic carbocycles. The minimum absolute atomic E-state index is 0.00851. The highest BCUT2D eigenvalue weighted by atomic mass is 16.5. The Hall–Kier alpha value is -2.86. The van der Waals surface area contributed by atoms with Crippen LogP contribution < -0.4 is 0 Å². The Morgan fingerprint density at radius 2 is 1.67 bits per heavy atom. The Morgan fingerprint density at radius 1 is 0.981 bits per heavy atom. The van der Waals surface area contributed by atoms with Crippen molar-refractivity contribution in [2.45, 2.75) is 117 Å². The Kier molecular flexibility index (Phi) is 17.7. The second-order valence-corrected chi connectivity index (χ2v) is 15.6. The van der Waals surface area contributed by atoms with Crippen molar-refractivity contribution in [3.63, 3.8) is 0 Å². The van der Waals surface area contributed by atoms with Gasteiger partial charge in [-0.15, -0.1) is 0 Å². The molecule has 0 unspecified atom stereocenters. The van der Waals surface area contributed by atoms with Gasteiger partial charge in [-0.2, -0.15) is 0 Å². The van der Waals surface area contributed by atoms with Crippen LogP contribution in [0, 0.1) is 29.6 Å². The number of carbonyl (C=O) groups excluding carboxylic acids is 4. The van der Waals surface area contributed by atoms with Crippen LogP contribution in [0.15, 0.2) is 30.3 Å². The Morgan fingerprint density at radius 3 is 2.25 bits per heavy atom. The van der Waals surface area contributed by atoms with E-state index in [9.17, 15) is 24.3 Å². The second kappa shape index (κ2) is 21.1. The van der Waals surface area contributed by atoms with Gasteiger partial charge < -0.3 is 34.0 Å². The van der Waals surface area contributed by atoms with Gasteiger partial charge in [-0.1, -0.05) is 71.4 Å². The number of amides is 3. The number of nitrogens with zero attached hydrogens (tertiary/aromatic N) is 3. The van der Waals surface area contributed by atoms with Crippen molar-refractivity contribution in [2.24, 2.45) is 29.6 Å². The molecule has 3 rings (SSSR count).